The third-order valence-electron chi connectivity index (χ3n) is 3.09. The first kappa shape index (κ1) is 17.6. The second kappa shape index (κ2) is 9.42. The van der Waals surface area contributed by atoms with Gasteiger partial charge in [-0.1, -0.05) is 0 Å². The molecule has 0 amide bonds. The Kier molecular flexibility index (Phi) is 11.0. The average molecular weight is 255 g/mol. The second-order valence-corrected chi connectivity index (χ2v) is 8.74. The van der Waals surface area contributed by atoms with Crippen LogP contribution < -0.4 is 12.4 Å². The predicted molar refractivity (Wildman–Crippen MR) is 64.7 cm³/mol. The van der Waals surface area contributed by atoms with Crippen LogP contribution in [0.3, 0.4) is 0 Å². The molecule has 0 aliphatic carbocycles. The van der Waals surface area contributed by atoms with E-state index in [1.807, 2.05) is 0 Å². The van der Waals surface area contributed by atoms with Crippen LogP contribution in [0.25, 0.3) is 0 Å². The first-order valence-corrected chi connectivity index (χ1v) is 8.11. The van der Waals surface area contributed by atoms with E-state index < -0.39 is 7.26 Å². The number of halogens is 1. The lowest BCUT2D eigenvalue weighted by atomic mass is 10.5. The summed E-state index contributed by atoms with van der Waals surface area (Å²) in [5.41, 5.74) is 0. The standard InChI is InChI=1S/C11H24O2P.ClH/c1-5-14(6-2,7-3)10-8-9-13-11(4)12;/h5-10H2,1-4H3;1H/q+1;/p-1. The van der Waals surface area contributed by atoms with Crippen LogP contribution in [-0.2, 0) is 9.53 Å². The number of carbonyl (C=O) groups excluding carboxylic acids is 1. The SMILES string of the molecule is CC[P+](CC)(CC)CCCOC(C)=O.[Cl-]. The molecular weight excluding hydrogens is 231 g/mol. The molecule has 0 radical (unpaired) electrons. The van der Waals surface area contributed by atoms with Crippen LogP contribution in [0.2, 0.25) is 0 Å². The quantitative estimate of drug-likeness (QED) is 0.364. The zero-order valence-corrected chi connectivity index (χ0v) is 12.0. The molecule has 92 valence electrons. The summed E-state index contributed by atoms with van der Waals surface area (Å²) in [5, 5.41) is 0. The number of hydrogen-bond acceptors (Lipinski definition) is 2. The highest BCUT2D eigenvalue weighted by atomic mass is 35.5. The Morgan fingerprint density at radius 2 is 1.60 bits per heavy atom. The molecule has 0 saturated carbocycles. The minimum Gasteiger partial charge on any atom is -1.00 e. The molecule has 0 aromatic carbocycles. The van der Waals surface area contributed by atoms with Crippen LogP contribution in [0.15, 0.2) is 0 Å². The Hall–Kier alpha value is 0.190. The van der Waals surface area contributed by atoms with Crippen molar-refractivity contribution in [1.29, 1.82) is 0 Å². The number of esters is 1. The Balaban J connectivity index is 0. The summed E-state index contributed by atoms with van der Waals surface area (Å²) < 4.78 is 4.95. The van der Waals surface area contributed by atoms with Crippen molar-refractivity contribution in [3.05, 3.63) is 0 Å². The zero-order valence-electron chi connectivity index (χ0n) is 10.4. The molecule has 0 aromatic rings. The summed E-state index contributed by atoms with van der Waals surface area (Å²) in [5.74, 6) is -0.154. The van der Waals surface area contributed by atoms with Crippen LogP contribution in [0, 0.1) is 0 Å². The van der Waals surface area contributed by atoms with Gasteiger partial charge in [-0.2, -0.15) is 0 Å². The third kappa shape index (κ3) is 7.14. The Morgan fingerprint density at radius 1 is 1.13 bits per heavy atom. The van der Waals surface area contributed by atoms with Gasteiger partial charge in [-0.3, -0.25) is 4.79 Å². The highest BCUT2D eigenvalue weighted by molar-refractivity contribution is 7.75. The monoisotopic (exact) mass is 254 g/mol. The molecule has 2 nitrogen and oxygen atoms in total. The topological polar surface area (TPSA) is 26.3 Å². The zero-order chi connectivity index (χ0) is 11.0. The molecule has 0 spiro atoms. The van der Waals surface area contributed by atoms with E-state index in [-0.39, 0.29) is 18.4 Å². The summed E-state index contributed by atoms with van der Waals surface area (Å²) >= 11 is 0. The summed E-state index contributed by atoms with van der Waals surface area (Å²) in [6.07, 6.45) is 6.33. The van der Waals surface area contributed by atoms with Gasteiger partial charge in [0, 0.05) is 20.6 Å². The fraction of sp³-hybridized carbons (Fsp3) is 0.909. The van der Waals surface area contributed by atoms with Crippen molar-refractivity contribution < 1.29 is 21.9 Å². The lowest BCUT2D eigenvalue weighted by Crippen LogP contribution is -3.00. The normalized spacial score (nSPS) is 10.7. The summed E-state index contributed by atoms with van der Waals surface area (Å²) in [6, 6.07) is 0. The number of rotatable bonds is 7. The molecule has 0 aromatic heterocycles. The van der Waals surface area contributed by atoms with E-state index in [4.69, 9.17) is 4.74 Å². The van der Waals surface area contributed by atoms with Gasteiger partial charge in [0.25, 0.3) is 0 Å². The fourth-order valence-electron chi connectivity index (χ4n) is 1.76. The van der Waals surface area contributed by atoms with Crippen molar-refractivity contribution in [2.45, 2.75) is 34.1 Å². The summed E-state index contributed by atoms with van der Waals surface area (Å²) in [4.78, 5) is 10.6. The van der Waals surface area contributed by atoms with Gasteiger partial charge in [0.15, 0.2) is 0 Å². The van der Waals surface area contributed by atoms with Gasteiger partial charge in [0.2, 0.25) is 0 Å². The molecule has 0 aliphatic rings. The Bertz CT molecular complexity index is 162. The van der Waals surface area contributed by atoms with Gasteiger partial charge >= 0.3 is 5.97 Å². The maximum Gasteiger partial charge on any atom is 0.302 e. The molecule has 0 aliphatic heterocycles. The van der Waals surface area contributed by atoms with E-state index >= 15 is 0 Å². The lowest BCUT2D eigenvalue weighted by Gasteiger charge is -2.23. The van der Waals surface area contributed by atoms with Gasteiger partial charge in [-0.15, -0.1) is 0 Å². The Labute approximate surface area is 101 Å². The molecule has 0 bridgehead atoms. The third-order valence-corrected chi connectivity index (χ3v) is 8.38. The van der Waals surface area contributed by atoms with Crippen molar-refractivity contribution in [2.24, 2.45) is 0 Å². The molecule has 0 atom stereocenters. The number of hydrogen-bond donors (Lipinski definition) is 0. The van der Waals surface area contributed by atoms with Crippen molar-refractivity contribution >= 4 is 13.2 Å². The predicted octanol–water partition coefficient (Wildman–Crippen LogP) is 0.0209. The van der Waals surface area contributed by atoms with Gasteiger partial charge in [0.05, 0.1) is 31.3 Å². The first-order chi connectivity index (χ1) is 6.60. The molecule has 15 heavy (non-hydrogen) atoms. The molecule has 0 fully saturated rings. The van der Waals surface area contributed by atoms with Crippen LogP contribution in [-0.4, -0.2) is 37.2 Å². The molecule has 0 unspecified atom stereocenters. The highest BCUT2D eigenvalue weighted by Gasteiger charge is 2.30. The van der Waals surface area contributed by atoms with Crippen molar-refractivity contribution in [2.75, 3.05) is 31.3 Å². The van der Waals surface area contributed by atoms with Crippen molar-refractivity contribution in [3.63, 3.8) is 0 Å². The minimum absolute atomic E-state index is 0. The van der Waals surface area contributed by atoms with Crippen LogP contribution in [0.1, 0.15) is 34.1 Å². The van der Waals surface area contributed by atoms with E-state index in [1.54, 1.807) is 0 Å². The van der Waals surface area contributed by atoms with Crippen molar-refractivity contribution in [1.82, 2.24) is 0 Å². The number of carbonyl (C=O) groups is 1. The summed E-state index contributed by atoms with van der Waals surface area (Å²) in [6.45, 7) is 8.98. The van der Waals surface area contributed by atoms with Gasteiger partial charge in [-0.05, 0) is 20.8 Å². The molecule has 0 saturated heterocycles. The minimum atomic E-state index is -0.690. The molecular formula is C11H24ClO2P. The van der Waals surface area contributed by atoms with Crippen LogP contribution >= 0.6 is 7.26 Å². The molecule has 0 N–H and O–H groups in total. The maximum atomic E-state index is 10.6. The fourth-order valence-corrected chi connectivity index (χ4v) is 4.85. The maximum absolute atomic E-state index is 10.6. The van der Waals surface area contributed by atoms with Crippen LogP contribution in [0.4, 0.5) is 0 Å². The summed E-state index contributed by atoms with van der Waals surface area (Å²) in [7, 11) is -0.690. The van der Waals surface area contributed by atoms with Crippen molar-refractivity contribution in [3.8, 4) is 0 Å². The van der Waals surface area contributed by atoms with E-state index in [2.05, 4.69) is 20.8 Å². The van der Waals surface area contributed by atoms with Gasteiger partial charge in [-0.25, -0.2) is 0 Å². The molecule has 4 heteroatoms. The van der Waals surface area contributed by atoms with Gasteiger partial charge < -0.3 is 17.1 Å². The molecule has 0 heterocycles. The molecule has 0 rings (SSSR count). The smallest absolute Gasteiger partial charge is 0.302 e. The van der Waals surface area contributed by atoms with E-state index in [1.165, 1.54) is 31.6 Å². The highest BCUT2D eigenvalue weighted by Crippen LogP contribution is 2.57. The van der Waals surface area contributed by atoms with E-state index in [0.717, 1.165) is 6.42 Å². The van der Waals surface area contributed by atoms with Gasteiger partial charge in [0.1, 0.15) is 0 Å². The van der Waals surface area contributed by atoms with Crippen LogP contribution in [0.5, 0.6) is 0 Å². The lowest BCUT2D eigenvalue weighted by molar-refractivity contribution is -0.140. The second-order valence-electron chi connectivity index (χ2n) is 3.71. The van der Waals surface area contributed by atoms with E-state index in [0.29, 0.717) is 6.61 Å². The average Bonchev–Trinajstić information content (AvgIpc) is 2.19. The number of ether oxygens (including phenoxy) is 1. The first-order valence-electron chi connectivity index (χ1n) is 5.58. The Morgan fingerprint density at radius 3 is 1.93 bits per heavy atom. The largest absolute Gasteiger partial charge is 1.00 e. The van der Waals surface area contributed by atoms with E-state index in [9.17, 15) is 4.79 Å².